The third-order valence-electron chi connectivity index (χ3n) is 3.02. The average Bonchev–Trinajstić information content (AvgIpc) is 2.38. The van der Waals surface area contributed by atoms with E-state index in [1.807, 2.05) is 0 Å². The molecular weight excluding hydrogens is 253 g/mol. The van der Waals surface area contributed by atoms with Crippen LogP contribution in [0.4, 0.5) is 4.39 Å². The molecule has 1 aromatic carbocycles. The summed E-state index contributed by atoms with van der Waals surface area (Å²) in [5, 5.41) is 12.6. The Bertz CT molecular complexity index is 521. The summed E-state index contributed by atoms with van der Waals surface area (Å²) >= 11 is 0. The molecule has 7 heteroatoms. The molecule has 1 aliphatic heterocycles. The molecular formula is C12H14FN3O3. The summed E-state index contributed by atoms with van der Waals surface area (Å²) in [6.45, 7) is 1.09. The summed E-state index contributed by atoms with van der Waals surface area (Å²) in [6, 6.07) is 2.35. The van der Waals surface area contributed by atoms with Crippen molar-refractivity contribution in [1.82, 2.24) is 10.2 Å². The van der Waals surface area contributed by atoms with Gasteiger partial charge >= 0.3 is 0 Å². The molecule has 1 aliphatic rings. The summed E-state index contributed by atoms with van der Waals surface area (Å²) in [5.41, 5.74) is 5.19. The number of nitrogens with two attached hydrogens (primary N) is 1. The third kappa shape index (κ3) is 2.65. The van der Waals surface area contributed by atoms with Crippen molar-refractivity contribution in [2.75, 3.05) is 19.6 Å². The molecule has 1 unspecified atom stereocenters. The predicted molar refractivity (Wildman–Crippen MR) is 65.0 cm³/mol. The lowest BCUT2D eigenvalue weighted by Crippen LogP contribution is -2.58. The van der Waals surface area contributed by atoms with Crippen molar-refractivity contribution >= 4 is 11.8 Å². The average molecular weight is 267 g/mol. The van der Waals surface area contributed by atoms with Crippen LogP contribution in [0.3, 0.4) is 0 Å². The van der Waals surface area contributed by atoms with E-state index >= 15 is 0 Å². The van der Waals surface area contributed by atoms with Crippen LogP contribution in [0.15, 0.2) is 18.2 Å². The van der Waals surface area contributed by atoms with Crippen LogP contribution < -0.4 is 11.1 Å². The minimum Gasteiger partial charge on any atom is -0.507 e. The fourth-order valence-corrected chi connectivity index (χ4v) is 2.04. The second-order valence-electron chi connectivity index (χ2n) is 4.28. The number of piperazine rings is 1. The first kappa shape index (κ1) is 13.3. The number of carbonyl (C=O) groups excluding carboxylic acids is 2. The SMILES string of the molecule is NC(=O)C1CNCCN1C(=O)c1ccc(F)cc1O. The number of amides is 2. The molecule has 1 heterocycles. The summed E-state index contributed by atoms with van der Waals surface area (Å²) in [7, 11) is 0. The van der Waals surface area contributed by atoms with E-state index in [9.17, 15) is 19.1 Å². The van der Waals surface area contributed by atoms with Gasteiger partial charge in [0.2, 0.25) is 5.91 Å². The van der Waals surface area contributed by atoms with E-state index < -0.39 is 29.4 Å². The number of hydrogen-bond acceptors (Lipinski definition) is 4. The molecule has 1 aromatic rings. The van der Waals surface area contributed by atoms with Crippen LogP contribution >= 0.6 is 0 Å². The van der Waals surface area contributed by atoms with Gasteiger partial charge < -0.3 is 21.1 Å². The van der Waals surface area contributed by atoms with Crippen molar-refractivity contribution in [2.24, 2.45) is 5.73 Å². The zero-order valence-corrected chi connectivity index (χ0v) is 10.1. The van der Waals surface area contributed by atoms with E-state index in [-0.39, 0.29) is 12.1 Å². The Balaban J connectivity index is 2.28. The van der Waals surface area contributed by atoms with E-state index in [2.05, 4.69) is 5.32 Å². The van der Waals surface area contributed by atoms with E-state index in [4.69, 9.17) is 5.73 Å². The number of phenols is 1. The molecule has 0 saturated carbocycles. The van der Waals surface area contributed by atoms with Gasteiger partial charge in [-0.3, -0.25) is 9.59 Å². The molecule has 0 spiro atoms. The number of nitrogens with one attached hydrogen (secondary N) is 1. The quantitative estimate of drug-likeness (QED) is 0.668. The molecule has 1 fully saturated rings. The fourth-order valence-electron chi connectivity index (χ4n) is 2.04. The maximum Gasteiger partial charge on any atom is 0.258 e. The number of benzene rings is 1. The second kappa shape index (κ2) is 5.23. The normalized spacial score (nSPS) is 19.2. The lowest BCUT2D eigenvalue weighted by Gasteiger charge is -2.34. The second-order valence-corrected chi connectivity index (χ2v) is 4.28. The first-order chi connectivity index (χ1) is 9.00. The Hall–Kier alpha value is -2.15. The van der Waals surface area contributed by atoms with Crippen LogP contribution in [0.2, 0.25) is 0 Å². The molecule has 1 atom stereocenters. The Morgan fingerprint density at radius 1 is 1.47 bits per heavy atom. The summed E-state index contributed by atoms with van der Waals surface area (Å²) in [4.78, 5) is 24.8. The Morgan fingerprint density at radius 2 is 2.21 bits per heavy atom. The highest BCUT2D eigenvalue weighted by molar-refractivity contribution is 5.99. The van der Waals surface area contributed by atoms with Gasteiger partial charge in [0.25, 0.3) is 5.91 Å². The van der Waals surface area contributed by atoms with Crippen molar-refractivity contribution in [2.45, 2.75) is 6.04 Å². The van der Waals surface area contributed by atoms with Gasteiger partial charge in [-0.2, -0.15) is 0 Å². The maximum atomic E-state index is 12.9. The van der Waals surface area contributed by atoms with Gasteiger partial charge in [-0.25, -0.2) is 4.39 Å². The maximum absolute atomic E-state index is 12.9. The van der Waals surface area contributed by atoms with Crippen LogP contribution in [0, 0.1) is 5.82 Å². The van der Waals surface area contributed by atoms with Gasteiger partial charge in [-0.05, 0) is 12.1 Å². The largest absolute Gasteiger partial charge is 0.507 e. The van der Waals surface area contributed by atoms with Gasteiger partial charge in [0, 0.05) is 25.7 Å². The standard InChI is InChI=1S/C12H14FN3O3/c13-7-1-2-8(10(17)5-7)12(19)16-4-3-15-6-9(16)11(14)18/h1-2,5,9,15,17H,3-4,6H2,(H2,14,18). The number of carbonyl (C=O) groups is 2. The van der Waals surface area contributed by atoms with Crippen molar-refractivity contribution in [1.29, 1.82) is 0 Å². The van der Waals surface area contributed by atoms with E-state index in [1.54, 1.807) is 0 Å². The Kier molecular flexibility index (Phi) is 3.66. The minimum atomic E-state index is -0.772. The molecule has 19 heavy (non-hydrogen) atoms. The van der Waals surface area contributed by atoms with Crippen molar-refractivity contribution in [3.63, 3.8) is 0 Å². The number of hydrogen-bond donors (Lipinski definition) is 3. The van der Waals surface area contributed by atoms with Crippen LogP contribution in [-0.4, -0.2) is 47.5 Å². The van der Waals surface area contributed by atoms with Crippen molar-refractivity contribution < 1.29 is 19.1 Å². The molecule has 4 N–H and O–H groups in total. The van der Waals surface area contributed by atoms with Gasteiger partial charge in [-0.1, -0.05) is 0 Å². The molecule has 0 bridgehead atoms. The van der Waals surface area contributed by atoms with Crippen molar-refractivity contribution in [3.05, 3.63) is 29.6 Å². The number of nitrogens with zero attached hydrogens (tertiary/aromatic N) is 1. The van der Waals surface area contributed by atoms with Crippen LogP contribution in [0.1, 0.15) is 10.4 Å². The molecule has 0 aliphatic carbocycles. The number of rotatable bonds is 2. The number of aromatic hydroxyl groups is 1. The van der Waals surface area contributed by atoms with E-state index in [1.165, 1.54) is 11.0 Å². The molecule has 6 nitrogen and oxygen atoms in total. The van der Waals surface area contributed by atoms with E-state index in [0.29, 0.717) is 13.1 Å². The zero-order valence-electron chi connectivity index (χ0n) is 10.1. The molecule has 102 valence electrons. The number of primary amides is 1. The third-order valence-corrected chi connectivity index (χ3v) is 3.02. The lowest BCUT2D eigenvalue weighted by molar-refractivity contribution is -0.122. The molecule has 1 saturated heterocycles. The van der Waals surface area contributed by atoms with Gasteiger partial charge in [0.15, 0.2) is 0 Å². The predicted octanol–water partition coefficient (Wildman–Crippen LogP) is -0.569. The highest BCUT2D eigenvalue weighted by atomic mass is 19.1. The molecule has 2 rings (SSSR count). The van der Waals surface area contributed by atoms with Crippen LogP contribution in [0.25, 0.3) is 0 Å². The first-order valence-electron chi connectivity index (χ1n) is 5.80. The van der Waals surface area contributed by atoms with Gasteiger partial charge in [0.1, 0.15) is 17.6 Å². The number of phenolic OH excluding ortho intramolecular Hbond substituents is 1. The highest BCUT2D eigenvalue weighted by Crippen LogP contribution is 2.21. The van der Waals surface area contributed by atoms with Gasteiger partial charge in [0.05, 0.1) is 5.56 Å². The molecule has 0 aromatic heterocycles. The molecule has 0 radical (unpaired) electrons. The van der Waals surface area contributed by atoms with Crippen LogP contribution in [0.5, 0.6) is 5.75 Å². The highest BCUT2D eigenvalue weighted by Gasteiger charge is 2.32. The van der Waals surface area contributed by atoms with Gasteiger partial charge in [-0.15, -0.1) is 0 Å². The number of halogens is 1. The lowest BCUT2D eigenvalue weighted by atomic mass is 10.1. The Labute approximate surface area is 109 Å². The summed E-state index contributed by atoms with van der Waals surface area (Å²) < 4.78 is 12.9. The fraction of sp³-hybridized carbons (Fsp3) is 0.333. The smallest absolute Gasteiger partial charge is 0.258 e. The monoisotopic (exact) mass is 267 g/mol. The first-order valence-corrected chi connectivity index (χ1v) is 5.80. The van der Waals surface area contributed by atoms with Crippen LogP contribution in [-0.2, 0) is 4.79 Å². The zero-order chi connectivity index (χ0) is 14.0. The summed E-state index contributed by atoms with van der Waals surface area (Å²) in [5.74, 6) is -2.25. The topological polar surface area (TPSA) is 95.7 Å². The van der Waals surface area contributed by atoms with E-state index in [0.717, 1.165) is 12.1 Å². The minimum absolute atomic E-state index is 0.0467. The van der Waals surface area contributed by atoms with Crippen molar-refractivity contribution in [3.8, 4) is 5.75 Å². The Morgan fingerprint density at radius 3 is 2.84 bits per heavy atom. The summed E-state index contributed by atoms with van der Waals surface area (Å²) in [6.07, 6.45) is 0. The molecule has 2 amide bonds.